The molecule has 0 saturated heterocycles. The third-order valence-corrected chi connectivity index (χ3v) is 7.70. The highest BCUT2D eigenvalue weighted by atomic mass is 35.5. The van der Waals surface area contributed by atoms with Crippen molar-refractivity contribution < 1.29 is 22.5 Å². The molecule has 0 unspecified atom stereocenters. The Balaban J connectivity index is 2.01. The van der Waals surface area contributed by atoms with Crippen LogP contribution in [0, 0.1) is 27.7 Å². The molecule has 0 fully saturated rings. The second-order valence-corrected chi connectivity index (χ2v) is 9.99. The van der Waals surface area contributed by atoms with Crippen LogP contribution in [0.4, 0.5) is 11.6 Å². The lowest BCUT2D eigenvalue weighted by Gasteiger charge is -2.14. The summed E-state index contributed by atoms with van der Waals surface area (Å²) in [6, 6.07) is 3.51. The molecule has 0 atom stereocenters. The molecule has 0 aliphatic heterocycles. The van der Waals surface area contributed by atoms with Crippen molar-refractivity contribution in [2.45, 2.75) is 39.5 Å². The highest BCUT2D eigenvalue weighted by Gasteiger charge is 2.30. The molecule has 1 aromatic carbocycles. The Bertz CT molecular complexity index is 1310. The molecule has 3 aromatic rings. The molecule has 0 aliphatic rings. The quantitative estimate of drug-likeness (QED) is 0.484. The Kier molecular flexibility index (Phi) is 6.26. The first-order chi connectivity index (χ1) is 14.4. The molecule has 0 saturated carbocycles. The summed E-state index contributed by atoms with van der Waals surface area (Å²) in [6.45, 7) is 8.16. The SMILES string of the molecule is CC(=O)c1cc(C)cc(C)c1NC(=O)c1scc(C)c1S(=O)(=O)Nc1onc(C)c1Cl. The summed E-state index contributed by atoms with van der Waals surface area (Å²) >= 11 is 6.99. The molecule has 2 N–H and O–H groups in total. The van der Waals surface area contributed by atoms with E-state index in [1.807, 2.05) is 13.0 Å². The highest BCUT2D eigenvalue weighted by molar-refractivity contribution is 7.93. The Morgan fingerprint density at radius 1 is 1.13 bits per heavy atom. The molecule has 164 valence electrons. The molecule has 0 bridgehead atoms. The van der Waals surface area contributed by atoms with Crippen LogP contribution in [0.2, 0.25) is 5.02 Å². The van der Waals surface area contributed by atoms with Crippen LogP contribution in [0.5, 0.6) is 0 Å². The molecule has 0 radical (unpaired) electrons. The highest BCUT2D eigenvalue weighted by Crippen LogP contribution is 2.33. The minimum absolute atomic E-state index is 0.0313. The van der Waals surface area contributed by atoms with E-state index >= 15 is 0 Å². The first-order valence-corrected chi connectivity index (χ1v) is 11.8. The predicted octanol–water partition coefficient (Wildman–Crippen LogP) is 4.88. The maximum atomic E-state index is 13.1. The standard InChI is InChI=1S/C20H20ClN3O5S2/c1-9-6-10(2)16(14(7-9)13(5)25)22-19(26)17-18(11(3)8-30-17)31(27,28)24-20-15(21)12(4)23-29-20/h6-8,24H,1-5H3,(H,22,26). The molecule has 8 nitrogen and oxygen atoms in total. The summed E-state index contributed by atoms with van der Waals surface area (Å²) in [5.74, 6) is -1.09. The number of carbonyl (C=O) groups is 2. The average Bonchev–Trinajstić information content (AvgIpc) is 3.21. The number of nitrogens with one attached hydrogen (secondary N) is 2. The zero-order valence-corrected chi connectivity index (χ0v) is 19.8. The number of Topliss-reactive ketones (excluding diaryl/α,β-unsaturated/α-hetero) is 1. The molecule has 2 aromatic heterocycles. The second-order valence-electron chi connectivity index (χ2n) is 7.11. The number of nitrogens with zero attached hydrogens (tertiary/aromatic N) is 1. The van der Waals surface area contributed by atoms with Crippen LogP contribution < -0.4 is 10.0 Å². The van der Waals surface area contributed by atoms with Gasteiger partial charge in [-0.1, -0.05) is 22.8 Å². The van der Waals surface area contributed by atoms with Crippen molar-refractivity contribution in [3.8, 4) is 0 Å². The van der Waals surface area contributed by atoms with Gasteiger partial charge in [0.2, 0.25) is 0 Å². The van der Waals surface area contributed by atoms with Crippen molar-refractivity contribution >= 4 is 56.2 Å². The van der Waals surface area contributed by atoms with Gasteiger partial charge in [-0.3, -0.25) is 9.59 Å². The number of hydrogen-bond donors (Lipinski definition) is 2. The number of aromatic nitrogens is 1. The topological polar surface area (TPSA) is 118 Å². The smallest absolute Gasteiger partial charge is 0.267 e. The molecule has 31 heavy (non-hydrogen) atoms. The number of thiophene rings is 1. The van der Waals surface area contributed by atoms with E-state index in [1.54, 1.807) is 32.2 Å². The third kappa shape index (κ3) is 4.51. The van der Waals surface area contributed by atoms with Gasteiger partial charge in [-0.15, -0.1) is 11.3 Å². The van der Waals surface area contributed by atoms with Crippen LogP contribution in [0.15, 0.2) is 26.9 Å². The van der Waals surface area contributed by atoms with Gasteiger partial charge in [0, 0.05) is 5.56 Å². The van der Waals surface area contributed by atoms with E-state index in [9.17, 15) is 18.0 Å². The number of sulfonamides is 1. The maximum Gasteiger partial charge on any atom is 0.267 e. The number of aryl methyl sites for hydroxylation is 4. The van der Waals surface area contributed by atoms with Crippen LogP contribution in [-0.4, -0.2) is 25.3 Å². The van der Waals surface area contributed by atoms with Crippen molar-refractivity contribution in [3.05, 3.63) is 55.4 Å². The van der Waals surface area contributed by atoms with Crippen molar-refractivity contribution in [3.63, 3.8) is 0 Å². The van der Waals surface area contributed by atoms with E-state index in [0.717, 1.165) is 16.9 Å². The van der Waals surface area contributed by atoms with Crippen molar-refractivity contribution in [2.75, 3.05) is 10.0 Å². The molecule has 3 rings (SSSR count). The van der Waals surface area contributed by atoms with Gasteiger partial charge in [-0.2, -0.15) is 0 Å². The van der Waals surface area contributed by atoms with E-state index in [0.29, 0.717) is 28.1 Å². The molecule has 1 amide bonds. The summed E-state index contributed by atoms with van der Waals surface area (Å²) in [6.07, 6.45) is 0. The number of benzene rings is 1. The second kappa shape index (κ2) is 8.45. The fourth-order valence-corrected chi connectivity index (χ4v) is 5.96. The Labute approximate surface area is 188 Å². The van der Waals surface area contributed by atoms with E-state index in [2.05, 4.69) is 15.2 Å². The summed E-state index contributed by atoms with van der Waals surface area (Å²) in [5, 5.41) is 7.91. The third-order valence-electron chi connectivity index (χ3n) is 4.51. The summed E-state index contributed by atoms with van der Waals surface area (Å²) in [5.41, 5.74) is 2.97. The number of amides is 1. The molecular formula is C20H20ClN3O5S2. The Hall–Kier alpha value is -2.69. The number of carbonyl (C=O) groups excluding carboxylic acids is 2. The molecular weight excluding hydrogens is 462 g/mol. The minimum atomic E-state index is -4.21. The van der Waals surface area contributed by atoms with Crippen LogP contribution in [-0.2, 0) is 10.0 Å². The van der Waals surface area contributed by atoms with E-state index in [4.69, 9.17) is 16.1 Å². The maximum absolute atomic E-state index is 13.1. The molecule has 0 spiro atoms. The molecule has 11 heteroatoms. The van der Waals surface area contributed by atoms with Crippen LogP contribution in [0.25, 0.3) is 0 Å². The van der Waals surface area contributed by atoms with Gasteiger partial charge in [0.15, 0.2) is 5.78 Å². The lowest BCUT2D eigenvalue weighted by Crippen LogP contribution is -2.20. The number of ketones is 1. The van der Waals surface area contributed by atoms with Gasteiger partial charge in [0.1, 0.15) is 20.5 Å². The van der Waals surface area contributed by atoms with Crippen LogP contribution >= 0.6 is 22.9 Å². The molecule has 2 heterocycles. The van der Waals surface area contributed by atoms with Gasteiger partial charge in [0.05, 0.1) is 5.69 Å². The predicted molar refractivity (Wildman–Crippen MR) is 120 cm³/mol. The average molecular weight is 482 g/mol. The molecule has 0 aliphatic carbocycles. The first kappa shape index (κ1) is 23.0. The van der Waals surface area contributed by atoms with Crippen molar-refractivity contribution in [1.82, 2.24) is 5.16 Å². The van der Waals surface area contributed by atoms with Gasteiger partial charge in [-0.05, 0) is 62.8 Å². The summed E-state index contributed by atoms with van der Waals surface area (Å²) in [7, 11) is -4.21. The lowest BCUT2D eigenvalue weighted by molar-refractivity contribution is 0.101. The largest absolute Gasteiger partial charge is 0.336 e. The number of halogens is 1. The number of rotatable bonds is 6. The fraction of sp³-hybridized carbons (Fsp3) is 0.250. The first-order valence-electron chi connectivity index (χ1n) is 9.08. The van der Waals surface area contributed by atoms with E-state index < -0.39 is 15.9 Å². The monoisotopic (exact) mass is 481 g/mol. The fourth-order valence-electron chi connectivity index (χ4n) is 3.10. The van der Waals surface area contributed by atoms with Gasteiger partial charge >= 0.3 is 0 Å². The summed E-state index contributed by atoms with van der Waals surface area (Å²) < 4.78 is 33.2. The normalized spacial score (nSPS) is 11.4. The number of anilines is 2. The minimum Gasteiger partial charge on any atom is -0.336 e. The zero-order chi connectivity index (χ0) is 23.1. The van der Waals surface area contributed by atoms with Gasteiger partial charge < -0.3 is 9.84 Å². The van der Waals surface area contributed by atoms with Crippen LogP contribution in [0.3, 0.4) is 0 Å². The Morgan fingerprint density at radius 2 is 1.81 bits per heavy atom. The van der Waals surface area contributed by atoms with Gasteiger partial charge in [-0.25, -0.2) is 13.1 Å². The Morgan fingerprint density at radius 3 is 2.39 bits per heavy atom. The van der Waals surface area contributed by atoms with E-state index in [-0.39, 0.29) is 26.5 Å². The van der Waals surface area contributed by atoms with Gasteiger partial charge in [0.25, 0.3) is 21.8 Å². The van der Waals surface area contributed by atoms with Crippen molar-refractivity contribution in [1.29, 1.82) is 0 Å². The summed E-state index contributed by atoms with van der Waals surface area (Å²) in [4.78, 5) is 24.9. The van der Waals surface area contributed by atoms with Crippen LogP contribution in [0.1, 0.15) is 49.3 Å². The lowest BCUT2D eigenvalue weighted by atomic mass is 10.0. The van der Waals surface area contributed by atoms with Crippen molar-refractivity contribution in [2.24, 2.45) is 0 Å². The zero-order valence-electron chi connectivity index (χ0n) is 17.4. The van der Waals surface area contributed by atoms with E-state index in [1.165, 1.54) is 6.92 Å². The number of hydrogen-bond acceptors (Lipinski definition) is 7.